The minimum absolute atomic E-state index is 0.0601. The maximum absolute atomic E-state index is 12.8. The first kappa shape index (κ1) is 7.99. The molecule has 1 aliphatic heterocycles. The summed E-state index contributed by atoms with van der Waals surface area (Å²) in [4.78, 5) is 0. The Labute approximate surface area is 61.6 Å². The molecule has 1 heterocycles. The lowest BCUT2D eigenvalue weighted by Gasteiger charge is -2.10. The van der Waals surface area contributed by atoms with Crippen molar-refractivity contribution in [2.45, 2.75) is 44.9 Å². The van der Waals surface area contributed by atoms with Crippen LogP contribution in [-0.4, -0.2) is 18.4 Å². The molecule has 2 atom stereocenters. The van der Waals surface area contributed by atoms with Crippen LogP contribution in [0.2, 0.25) is 0 Å². The van der Waals surface area contributed by atoms with E-state index in [1.165, 1.54) is 0 Å². The molecule has 0 N–H and O–H groups in total. The molecule has 0 aliphatic carbocycles. The number of hydrogen-bond acceptors (Lipinski definition) is 1. The molecule has 0 aromatic heterocycles. The largest absolute Gasteiger partial charge is 0.369 e. The van der Waals surface area contributed by atoms with Crippen LogP contribution < -0.4 is 0 Å². The maximum atomic E-state index is 12.8. The number of ether oxygens (including phenoxy) is 1. The fourth-order valence-electron chi connectivity index (χ4n) is 1.12. The Hall–Kier alpha value is -0.110. The van der Waals surface area contributed by atoms with Crippen LogP contribution in [-0.2, 0) is 4.74 Å². The van der Waals surface area contributed by atoms with Crippen molar-refractivity contribution in [1.82, 2.24) is 0 Å². The SMILES string of the molecule is CCC(F)CC1(CC)CO1. The Morgan fingerprint density at radius 1 is 1.60 bits per heavy atom. The highest BCUT2D eigenvalue weighted by Gasteiger charge is 2.44. The molecule has 0 amide bonds. The topological polar surface area (TPSA) is 12.5 Å². The van der Waals surface area contributed by atoms with E-state index in [2.05, 4.69) is 6.92 Å². The third-order valence-electron chi connectivity index (χ3n) is 2.23. The lowest BCUT2D eigenvalue weighted by atomic mass is 9.99. The van der Waals surface area contributed by atoms with Crippen LogP contribution in [0, 0.1) is 0 Å². The van der Waals surface area contributed by atoms with Crippen molar-refractivity contribution in [3.05, 3.63) is 0 Å². The highest BCUT2D eigenvalue weighted by Crippen LogP contribution is 2.36. The Bertz CT molecular complexity index is 110. The lowest BCUT2D eigenvalue weighted by molar-refractivity contribution is 0.203. The second kappa shape index (κ2) is 2.87. The Morgan fingerprint density at radius 2 is 2.20 bits per heavy atom. The van der Waals surface area contributed by atoms with E-state index in [1.54, 1.807) is 0 Å². The van der Waals surface area contributed by atoms with Crippen molar-refractivity contribution in [1.29, 1.82) is 0 Å². The van der Waals surface area contributed by atoms with Gasteiger partial charge in [0.25, 0.3) is 0 Å². The van der Waals surface area contributed by atoms with Crippen molar-refractivity contribution >= 4 is 0 Å². The Kier molecular flexibility index (Phi) is 2.29. The summed E-state index contributed by atoms with van der Waals surface area (Å²) in [7, 11) is 0. The van der Waals surface area contributed by atoms with Gasteiger partial charge in [-0.3, -0.25) is 0 Å². The molecule has 2 heteroatoms. The summed E-state index contributed by atoms with van der Waals surface area (Å²) >= 11 is 0. The van der Waals surface area contributed by atoms with E-state index >= 15 is 0 Å². The summed E-state index contributed by atoms with van der Waals surface area (Å²) in [6, 6.07) is 0. The molecule has 0 aromatic carbocycles. The number of hydrogen-bond donors (Lipinski definition) is 0. The van der Waals surface area contributed by atoms with Gasteiger partial charge in [0.1, 0.15) is 6.17 Å². The molecule has 1 rings (SSSR count). The van der Waals surface area contributed by atoms with Gasteiger partial charge in [0.05, 0.1) is 12.2 Å². The fourth-order valence-corrected chi connectivity index (χ4v) is 1.12. The minimum Gasteiger partial charge on any atom is -0.369 e. The zero-order chi connectivity index (χ0) is 7.61. The first-order valence-electron chi connectivity index (χ1n) is 4.00. The molecule has 2 unspecified atom stereocenters. The van der Waals surface area contributed by atoms with Crippen molar-refractivity contribution < 1.29 is 9.13 Å². The van der Waals surface area contributed by atoms with Crippen LogP contribution in [0.25, 0.3) is 0 Å². The van der Waals surface area contributed by atoms with Gasteiger partial charge in [0.15, 0.2) is 0 Å². The molecule has 1 nitrogen and oxygen atoms in total. The van der Waals surface area contributed by atoms with E-state index in [1.807, 2.05) is 6.92 Å². The molecule has 0 bridgehead atoms. The van der Waals surface area contributed by atoms with Gasteiger partial charge in [-0.15, -0.1) is 0 Å². The Balaban J connectivity index is 2.23. The lowest BCUT2D eigenvalue weighted by Crippen LogP contribution is -2.16. The zero-order valence-electron chi connectivity index (χ0n) is 6.69. The van der Waals surface area contributed by atoms with E-state index < -0.39 is 6.17 Å². The van der Waals surface area contributed by atoms with Crippen LogP contribution in [0.4, 0.5) is 4.39 Å². The van der Waals surface area contributed by atoms with Crippen LogP contribution >= 0.6 is 0 Å². The summed E-state index contributed by atoms with van der Waals surface area (Å²) in [5.41, 5.74) is -0.0601. The normalized spacial score (nSPS) is 33.9. The second-order valence-corrected chi connectivity index (χ2v) is 3.03. The molecule has 1 aliphatic rings. The van der Waals surface area contributed by atoms with E-state index in [-0.39, 0.29) is 5.60 Å². The Morgan fingerprint density at radius 3 is 2.50 bits per heavy atom. The van der Waals surface area contributed by atoms with E-state index in [9.17, 15) is 4.39 Å². The van der Waals surface area contributed by atoms with Gasteiger partial charge in [-0.25, -0.2) is 4.39 Å². The molecule has 0 spiro atoms. The van der Waals surface area contributed by atoms with Crippen molar-refractivity contribution in [2.75, 3.05) is 6.61 Å². The van der Waals surface area contributed by atoms with Crippen molar-refractivity contribution in [3.8, 4) is 0 Å². The van der Waals surface area contributed by atoms with Gasteiger partial charge in [0.2, 0.25) is 0 Å². The fraction of sp³-hybridized carbons (Fsp3) is 1.00. The van der Waals surface area contributed by atoms with Crippen LogP contribution in [0.1, 0.15) is 33.1 Å². The molecule has 1 fully saturated rings. The monoisotopic (exact) mass is 146 g/mol. The van der Waals surface area contributed by atoms with Crippen LogP contribution in [0.5, 0.6) is 0 Å². The first-order valence-corrected chi connectivity index (χ1v) is 4.00. The standard InChI is InChI=1S/C8H15FO/c1-3-7(9)5-8(4-2)6-10-8/h7H,3-6H2,1-2H3. The summed E-state index contributed by atoms with van der Waals surface area (Å²) < 4.78 is 18.0. The maximum Gasteiger partial charge on any atom is 0.103 e. The van der Waals surface area contributed by atoms with Gasteiger partial charge in [-0.05, 0) is 12.8 Å². The summed E-state index contributed by atoms with van der Waals surface area (Å²) in [6.45, 7) is 4.69. The van der Waals surface area contributed by atoms with Gasteiger partial charge in [-0.2, -0.15) is 0 Å². The van der Waals surface area contributed by atoms with Gasteiger partial charge in [-0.1, -0.05) is 13.8 Å². The number of epoxide rings is 1. The number of rotatable bonds is 4. The predicted octanol–water partition coefficient (Wildman–Crippen LogP) is 2.30. The molecule has 0 radical (unpaired) electrons. The van der Waals surface area contributed by atoms with E-state index in [4.69, 9.17) is 4.74 Å². The predicted molar refractivity (Wildman–Crippen MR) is 38.8 cm³/mol. The second-order valence-electron chi connectivity index (χ2n) is 3.03. The number of halogens is 1. The third-order valence-corrected chi connectivity index (χ3v) is 2.23. The molecule has 60 valence electrons. The highest BCUT2D eigenvalue weighted by atomic mass is 19.1. The number of alkyl halides is 1. The first-order chi connectivity index (χ1) is 4.72. The van der Waals surface area contributed by atoms with Gasteiger partial charge in [0, 0.05) is 6.42 Å². The minimum atomic E-state index is -0.664. The quantitative estimate of drug-likeness (QED) is 0.554. The van der Waals surface area contributed by atoms with Gasteiger partial charge < -0.3 is 4.74 Å². The van der Waals surface area contributed by atoms with E-state index in [0.29, 0.717) is 12.8 Å². The zero-order valence-corrected chi connectivity index (χ0v) is 6.69. The smallest absolute Gasteiger partial charge is 0.103 e. The molecule has 1 saturated heterocycles. The summed E-state index contributed by atoms with van der Waals surface area (Å²) in [5.74, 6) is 0. The average molecular weight is 146 g/mol. The average Bonchev–Trinajstić information content (AvgIpc) is 2.70. The van der Waals surface area contributed by atoms with Crippen molar-refractivity contribution in [3.63, 3.8) is 0 Å². The van der Waals surface area contributed by atoms with Crippen molar-refractivity contribution in [2.24, 2.45) is 0 Å². The van der Waals surface area contributed by atoms with Crippen LogP contribution in [0.3, 0.4) is 0 Å². The molecule has 0 aromatic rings. The molecular formula is C8H15FO. The third kappa shape index (κ3) is 1.69. The summed E-state index contributed by atoms with van der Waals surface area (Å²) in [6.07, 6.45) is 1.50. The van der Waals surface area contributed by atoms with Gasteiger partial charge >= 0.3 is 0 Å². The molecular weight excluding hydrogens is 131 g/mol. The molecule has 10 heavy (non-hydrogen) atoms. The van der Waals surface area contributed by atoms with Crippen LogP contribution in [0.15, 0.2) is 0 Å². The summed E-state index contributed by atoms with van der Waals surface area (Å²) in [5, 5.41) is 0. The highest BCUT2D eigenvalue weighted by molar-refractivity contribution is 4.92. The molecule has 0 saturated carbocycles. The van der Waals surface area contributed by atoms with E-state index in [0.717, 1.165) is 13.0 Å².